The van der Waals surface area contributed by atoms with Gasteiger partial charge in [0.15, 0.2) is 0 Å². The lowest BCUT2D eigenvalue weighted by atomic mass is 9.78. The molecule has 0 unspecified atom stereocenters. The second-order valence-electron chi connectivity index (χ2n) is 7.90. The Morgan fingerprint density at radius 2 is 2.15 bits per heavy atom. The summed E-state index contributed by atoms with van der Waals surface area (Å²) in [6.07, 6.45) is 12.3. The lowest BCUT2D eigenvalue weighted by molar-refractivity contribution is -0.0733. The molecule has 2 aliphatic rings. The van der Waals surface area contributed by atoms with Crippen molar-refractivity contribution in [2.75, 3.05) is 26.3 Å². The lowest BCUT2D eigenvalue weighted by Crippen LogP contribution is -2.47. The van der Waals surface area contributed by atoms with Crippen molar-refractivity contribution in [1.82, 2.24) is 19.7 Å². The van der Waals surface area contributed by atoms with Crippen LogP contribution < -0.4 is 0 Å². The maximum Gasteiger partial charge on any atom is 0.0736 e. The Balaban J connectivity index is 1.23. The standard InChI is InChI=1S/C21H30N4O2/c1-24-15-19(14-23-24)16-25-9-6-21(7-10-25)20(5-12-27-21)4-11-26-17-18-3-2-8-22-13-18/h2-3,8,13-15,20H,4-7,9-12,16-17H2,1H3/t20-/m1/s1. The largest absolute Gasteiger partial charge is 0.377 e. The summed E-state index contributed by atoms with van der Waals surface area (Å²) in [5, 5.41) is 4.28. The van der Waals surface area contributed by atoms with Crippen LogP contribution in [0.2, 0.25) is 0 Å². The molecule has 27 heavy (non-hydrogen) atoms. The summed E-state index contributed by atoms with van der Waals surface area (Å²) in [6, 6.07) is 4.02. The molecule has 6 nitrogen and oxygen atoms in total. The van der Waals surface area contributed by atoms with Crippen LogP contribution in [-0.2, 0) is 29.7 Å². The maximum absolute atomic E-state index is 6.30. The molecule has 146 valence electrons. The molecule has 1 atom stereocenters. The smallest absolute Gasteiger partial charge is 0.0736 e. The number of hydrogen-bond donors (Lipinski definition) is 0. The number of hydrogen-bond acceptors (Lipinski definition) is 5. The first kappa shape index (κ1) is 18.6. The van der Waals surface area contributed by atoms with Crippen molar-refractivity contribution in [1.29, 1.82) is 0 Å². The first-order chi connectivity index (χ1) is 13.2. The molecule has 1 spiro atoms. The molecule has 4 rings (SSSR count). The number of piperidine rings is 1. The highest BCUT2D eigenvalue weighted by molar-refractivity contribution is 5.07. The molecule has 2 fully saturated rings. The van der Waals surface area contributed by atoms with Crippen molar-refractivity contribution < 1.29 is 9.47 Å². The zero-order valence-electron chi connectivity index (χ0n) is 16.2. The summed E-state index contributed by atoms with van der Waals surface area (Å²) < 4.78 is 14.1. The van der Waals surface area contributed by atoms with Crippen LogP contribution in [0.4, 0.5) is 0 Å². The van der Waals surface area contributed by atoms with Gasteiger partial charge in [-0.15, -0.1) is 0 Å². The van der Waals surface area contributed by atoms with E-state index >= 15 is 0 Å². The molecule has 0 radical (unpaired) electrons. The van der Waals surface area contributed by atoms with Crippen molar-refractivity contribution in [3.8, 4) is 0 Å². The molecule has 4 heterocycles. The summed E-state index contributed by atoms with van der Waals surface area (Å²) in [7, 11) is 1.97. The van der Waals surface area contributed by atoms with Crippen LogP contribution in [0.3, 0.4) is 0 Å². The van der Waals surface area contributed by atoms with E-state index in [-0.39, 0.29) is 5.60 Å². The van der Waals surface area contributed by atoms with Crippen molar-refractivity contribution in [3.05, 3.63) is 48.0 Å². The van der Waals surface area contributed by atoms with E-state index in [2.05, 4.69) is 27.2 Å². The van der Waals surface area contributed by atoms with Gasteiger partial charge in [-0.3, -0.25) is 14.6 Å². The lowest BCUT2D eigenvalue weighted by Gasteiger charge is -2.42. The second kappa shape index (κ2) is 8.50. The third kappa shape index (κ3) is 4.57. The van der Waals surface area contributed by atoms with Crippen LogP contribution in [0.5, 0.6) is 0 Å². The van der Waals surface area contributed by atoms with Crippen LogP contribution >= 0.6 is 0 Å². The highest BCUT2D eigenvalue weighted by atomic mass is 16.5. The Kier molecular flexibility index (Phi) is 5.86. The molecular weight excluding hydrogens is 340 g/mol. The van der Waals surface area contributed by atoms with Gasteiger partial charge in [0, 0.05) is 64.0 Å². The third-order valence-electron chi connectivity index (χ3n) is 6.07. The Bertz CT molecular complexity index is 710. The van der Waals surface area contributed by atoms with E-state index < -0.39 is 0 Å². The molecule has 0 saturated carbocycles. The van der Waals surface area contributed by atoms with E-state index in [9.17, 15) is 0 Å². The van der Waals surface area contributed by atoms with Gasteiger partial charge in [-0.05, 0) is 43.2 Å². The topological polar surface area (TPSA) is 52.4 Å². The van der Waals surface area contributed by atoms with Crippen LogP contribution in [0.1, 0.15) is 36.8 Å². The summed E-state index contributed by atoms with van der Waals surface area (Å²) in [4.78, 5) is 6.67. The first-order valence-electron chi connectivity index (χ1n) is 10.0. The Hall–Kier alpha value is -1.76. The van der Waals surface area contributed by atoms with Crippen molar-refractivity contribution in [3.63, 3.8) is 0 Å². The zero-order chi connectivity index (χ0) is 18.5. The Morgan fingerprint density at radius 1 is 1.26 bits per heavy atom. The minimum Gasteiger partial charge on any atom is -0.377 e. The highest BCUT2D eigenvalue weighted by Gasteiger charge is 2.45. The summed E-state index contributed by atoms with van der Waals surface area (Å²) in [5.74, 6) is 0.618. The Morgan fingerprint density at radius 3 is 2.89 bits per heavy atom. The molecule has 2 saturated heterocycles. The quantitative estimate of drug-likeness (QED) is 0.702. The molecule has 0 aromatic carbocycles. The Labute approximate surface area is 161 Å². The van der Waals surface area contributed by atoms with Gasteiger partial charge in [-0.1, -0.05) is 6.07 Å². The fourth-order valence-electron chi connectivity index (χ4n) is 4.55. The number of likely N-dealkylation sites (tertiary alicyclic amines) is 1. The average Bonchev–Trinajstić information content (AvgIpc) is 3.28. The van der Waals surface area contributed by atoms with Gasteiger partial charge in [0.25, 0.3) is 0 Å². The van der Waals surface area contributed by atoms with Crippen molar-refractivity contribution in [2.24, 2.45) is 13.0 Å². The maximum atomic E-state index is 6.30. The molecule has 2 aromatic heterocycles. The van der Waals surface area contributed by atoms with E-state index in [1.54, 1.807) is 6.20 Å². The monoisotopic (exact) mass is 370 g/mol. The highest BCUT2D eigenvalue weighted by Crippen LogP contribution is 2.42. The third-order valence-corrected chi connectivity index (χ3v) is 6.07. The minimum atomic E-state index is 0.0725. The molecule has 2 aliphatic heterocycles. The predicted molar refractivity (Wildman–Crippen MR) is 103 cm³/mol. The van der Waals surface area contributed by atoms with Crippen LogP contribution in [0.15, 0.2) is 36.9 Å². The van der Waals surface area contributed by atoms with Gasteiger partial charge in [-0.25, -0.2) is 0 Å². The average molecular weight is 370 g/mol. The summed E-state index contributed by atoms with van der Waals surface area (Å²) in [6.45, 7) is 5.53. The van der Waals surface area contributed by atoms with E-state index in [1.165, 1.54) is 12.0 Å². The fraction of sp³-hybridized carbons (Fsp3) is 0.619. The van der Waals surface area contributed by atoms with Crippen LogP contribution in [0.25, 0.3) is 0 Å². The normalized spacial score (nSPS) is 22.5. The van der Waals surface area contributed by atoms with Crippen LogP contribution in [-0.4, -0.2) is 51.6 Å². The number of aryl methyl sites for hydroxylation is 1. The van der Waals surface area contributed by atoms with E-state index in [1.807, 2.05) is 30.2 Å². The number of pyridine rings is 1. The van der Waals surface area contributed by atoms with Gasteiger partial charge in [-0.2, -0.15) is 5.10 Å². The van der Waals surface area contributed by atoms with Gasteiger partial charge in [0.05, 0.1) is 18.4 Å². The van der Waals surface area contributed by atoms with Crippen molar-refractivity contribution in [2.45, 2.75) is 44.4 Å². The predicted octanol–water partition coefficient (Wildman–Crippen LogP) is 2.79. The van der Waals surface area contributed by atoms with E-state index in [4.69, 9.17) is 9.47 Å². The summed E-state index contributed by atoms with van der Waals surface area (Å²) in [5.41, 5.74) is 2.50. The molecular formula is C21H30N4O2. The first-order valence-corrected chi connectivity index (χ1v) is 10.0. The molecule has 0 bridgehead atoms. The van der Waals surface area contributed by atoms with Crippen LogP contribution in [0, 0.1) is 5.92 Å². The number of ether oxygens (including phenoxy) is 2. The van der Waals surface area contributed by atoms with E-state index in [0.717, 1.165) is 57.7 Å². The second-order valence-corrected chi connectivity index (χ2v) is 7.90. The molecule has 6 heteroatoms. The van der Waals surface area contributed by atoms with Gasteiger partial charge in [0.2, 0.25) is 0 Å². The number of aromatic nitrogens is 3. The SMILES string of the molecule is Cn1cc(CN2CCC3(CC2)OCC[C@H]3CCOCc2cccnc2)cn1. The van der Waals surface area contributed by atoms with Crippen molar-refractivity contribution >= 4 is 0 Å². The number of rotatable bonds is 7. The van der Waals surface area contributed by atoms with Gasteiger partial charge in [0.1, 0.15) is 0 Å². The molecule has 2 aromatic rings. The molecule has 0 amide bonds. The van der Waals surface area contributed by atoms with Gasteiger partial charge >= 0.3 is 0 Å². The number of nitrogens with zero attached hydrogens (tertiary/aromatic N) is 4. The fourth-order valence-corrected chi connectivity index (χ4v) is 4.55. The minimum absolute atomic E-state index is 0.0725. The van der Waals surface area contributed by atoms with Gasteiger partial charge < -0.3 is 9.47 Å². The zero-order valence-corrected chi connectivity index (χ0v) is 16.2. The molecule has 0 N–H and O–H groups in total. The molecule has 0 aliphatic carbocycles. The summed E-state index contributed by atoms with van der Waals surface area (Å²) >= 11 is 0. The van der Waals surface area contributed by atoms with E-state index in [0.29, 0.717) is 12.5 Å².